The fourth-order valence-electron chi connectivity index (χ4n) is 5.43. The molecule has 0 amide bonds. The lowest BCUT2D eigenvalue weighted by molar-refractivity contribution is -0.000103. The molecule has 2 aliphatic heterocycles. The number of hydrogen-bond acceptors (Lipinski definition) is 2. The maximum atomic E-state index is 4.07. The average Bonchev–Trinajstić information content (AvgIpc) is 2.80. The highest BCUT2D eigenvalue weighted by Gasteiger charge is 2.50. The van der Waals surface area contributed by atoms with Crippen LogP contribution in [0.3, 0.4) is 0 Å². The zero-order valence-electron chi connectivity index (χ0n) is 16.3. The van der Waals surface area contributed by atoms with Crippen LogP contribution in [0.4, 0.5) is 0 Å². The largest absolute Gasteiger partial charge is 0.300 e. The molecule has 3 aromatic rings. The quantitative estimate of drug-likeness (QED) is 0.689. The molecule has 0 bridgehead atoms. The van der Waals surface area contributed by atoms with Gasteiger partial charge in [0.25, 0.3) is 0 Å². The van der Waals surface area contributed by atoms with E-state index in [-0.39, 0.29) is 5.54 Å². The van der Waals surface area contributed by atoms with Crippen molar-refractivity contribution in [1.29, 1.82) is 0 Å². The first kappa shape index (κ1) is 17.7. The second kappa shape index (κ2) is 7.54. The van der Waals surface area contributed by atoms with Crippen molar-refractivity contribution >= 4 is 0 Å². The Morgan fingerprint density at radius 3 is 1.89 bits per heavy atom. The summed E-state index contributed by atoms with van der Waals surface area (Å²) in [5, 5.41) is 4.07. The molecule has 0 saturated carbocycles. The van der Waals surface area contributed by atoms with Crippen LogP contribution in [0.15, 0.2) is 91.0 Å². The maximum Gasteiger partial charge on any atom is 0.0849 e. The predicted molar refractivity (Wildman–Crippen MR) is 115 cm³/mol. The van der Waals surface area contributed by atoms with Gasteiger partial charge in [0.05, 0.1) is 5.54 Å². The summed E-state index contributed by atoms with van der Waals surface area (Å²) in [5.41, 5.74) is 4.03. The Labute approximate surface area is 168 Å². The zero-order chi connectivity index (χ0) is 18.8. The smallest absolute Gasteiger partial charge is 0.0849 e. The highest BCUT2D eigenvalue weighted by Crippen LogP contribution is 2.45. The SMILES string of the molecule is c1ccc([C@@H]2CNC(c3ccccc3)(c3ccccc3)[C@@H]3CCCCN32)cc1. The molecule has 0 aliphatic carbocycles. The van der Waals surface area contributed by atoms with Crippen LogP contribution in [0.25, 0.3) is 0 Å². The standard InChI is InChI=1S/C26H28N2/c1-4-12-21(13-5-1)24-20-27-26(22-14-6-2-7-15-22,23-16-8-3-9-17-23)25-18-10-11-19-28(24)25/h1-9,12-17,24-25,27H,10-11,18-20H2/t24-,25-/m0/s1. The normalized spacial score (nSPS) is 24.4. The number of benzene rings is 3. The molecule has 28 heavy (non-hydrogen) atoms. The minimum atomic E-state index is -0.159. The minimum absolute atomic E-state index is 0.159. The fraction of sp³-hybridized carbons (Fsp3) is 0.308. The van der Waals surface area contributed by atoms with Crippen molar-refractivity contribution in [2.75, 3.05) is 13.1 Å². The minimum Gasteiger partial charge on any atom is -0.300 e. The fourth-order valence-corrected chi connectivity index (χ4v) is 5.43. The van der Waals surface area contributed by atoms with Gasteiger partial charge in [0.15, 0.2) is 0 Å². The van der Waals surface area contributed by atoms with Gasteiger partial charge < -0.3 is 5.32 Å². The number of hydrogen-bond donors (Lipinski definition) is 1. The molecule has 2 aliphatic rings. The highest BCUT2D eigenvalue weighted by atomic mass is 15.3. The van der Waals surface area contributed by atoms with Gasteiger partial charge in [-0.15, -0.1) is 0 Å². The topological polar surface area (TPSA) is 15.3 Å². The van der Waals surface area contributed by atoms with Crippen LogP contribution in [0, 0.1) is 0 Å². The molecular formula is C26H28N2. The number of nitrogens with zero attached hydrogens (tertiary/aromatic N) is 1. The van der Waals surface area contributed by atoms with Crippen LogP contribution in [-0.2, 0) is 5.54 Å². The van der Waals surface area contributed by atoms with Gasteiger partial charge in [-0.25, -0.2) is 0 Å². The summed E-state index contributed by atoms with van der Waals surface area (Å²) in [6.45, 7) is 2.14. The summed E-state index contributed by atoms with van der Waals surface area (Å²) >= 11 is 0. The Morgan fingerprint density at radius 2 is 1.29 bits per heavy atom. The van der Waals surface area contributed by atoms with Gasteiger partial charge in [-0.2, -0.15) is 0 Å². The van der Waals surface area contributed by atoms with E-state index in [9.17, 15) is 0 Å². The monoisotopic (exact) mass is 368 g/mol. The molecule has 142 valence electrons. The van der Waals surface area contributed by atoms with E-state index in [4.69, 9.17) is 0 Å². The number of rotatable bonds is 3. The van der Waals surface area contributed by atoms with Crippen LogP contribution in [-0.4, -0.2) is 24.0 Å². The average molecular weight is 369 g/mol. The lowest BCUT2D eigenvalue weighted by Gasteiger charge is -2.56. The summed E-state index contributed by atoms with van der Waals surface area (Å²) < 4.78 is 0. The molecule has 2 nitrogen and oxygen atoms in total. The third kappa shape index (κ3) is 2.88. The molecule has 0 aromatic heterocycles. The molecule has 2 heteroatoms. The first-order chi connectivity index (χ1) is 13.9. The second-order valence-electron chi connectivity index (χ2n) is 8.10. The third-order valence-electron chi connectivity index (χ3n) is 6.66. The first-order valence-electron chi connectivity index (χ1n) is 10.6. The van der Waals surface area contributed by atoms with E-state index in [1.165, 1.54) is 42.5 Å². The lowest BCUT2D eigenvalue weighted by Crippen LogP contribution is -2.67. The Bertz CT molecular complexity index is 852. The van der Waals surface area contributed by atoms with E-state index in [1.807, 2.05) is 0 Å². The van der Waals surface area contributed by atoms with Crippen LogP contribution >= 0.6 is 0 Å². The van der Waals surface area contributed by atoms with Crippen molar-refractivity contribution in [1.82, 2.24) is 10.2 Å². The van der Waals surface area contributed by atoms with Gasteiger partial charge in [-0.3, -0.25) is 4.90 Å². The molecule has 5 rings (SSSR count). The summed E-state index contributed by atoms with van der Waals surface area (Å²) in [5.74, 6) is 0. The Kier molecular flexibility index (Phi) is 4.76. The Morgan fingerprint density at radius 1 is 0.714 bits per heavy atom. The molecule has 3 aromatic carbocycles. The molecule has 2 atom stereocenters. The van der Waals surface area contributed by atoms with E-state index in [0.717, 1.165) is 6.54 Å². The van der Waals surface area contributed by atoms with Crippen molar-refractivity contribution in [3.63, 3.8) is 0 Å². The Hall–Kier alpha value is -2.42. The van der Waals surface area contributed by atoms with Crippen molar-refractivity contribution in [2.45, 2.75) is 36.9 Å². The van der Waals surface area contributed by atoms with Crippen molar-refractivity contribution in [3.8, 4) is 0 Å². The van der Waals surface area contributed by atoms with E-state index in [0.29, 0.717) is 12.1 Å². The molecule has 0 radical (unpaired) electrons. The van der Waals surface area contributed by atoms with Crippen LogP contribution in [0.1, 0.15) is 42.0 Å². The van der Waals surface area contributed by atoms with Gasteiger partial charge in [-0.05, 0) is 36.1 Å². The molecular weight excluding hydrogens is 340 g/mol. The van der Waals surface area contributed by atoms with Crippen LogP contribution < -0.4 is 5.32 Å². The van der Waals surface area contributed by atoms with E-state index in [2.05, 4.69) is 101 Å². The molecule has 2 saturated heterocycles. The molecule has 0 unspecified atom stereocenters. The highest BCUT2D eigenvalue weighted by molar-refractivity contribution is 5.42. The predicted octanol–water partition coefficient (Wildman–Crippen LogP) is 5.13. The van der Waals surface area contributed by atoms with Gasteiger partial charge >= 0.3 is 0 Å². The van der Waals surface area contributed by atoms with Crippen LogP contribution in [0.5, 0.6) is 0 Å². The van der Waals surface area contributed by atoms with E-state index < -0.39 is 0 Å². The van der Waals surface area contributed by atoms with E-state index in [1.54, 1.807) is 0 Å². The van der Waals surface area contributed by atoms with Crippen molar-refractivity contribution in [3.05, 3.63) is 108 Å². The molecule has 2 heterocycles. The summed E-state index contributed by atoms with van der Waals surface area (Å²) in [6, 6.07) is 34.1. The van der Waals surface area contributed by atoms with Crippen molar-refractivity contribution < 1.29 is 0 Å². The number of nitrogens with one attached hydrogen (secondary N) is 1. The van der Waals surface area contributed by atoms with Crippen LogP contribution in [0.2, 0.25) is 0 Å². The number of piperidine rings is 1. The zero-order valence-corrected chi connectivity index (χ0v) is 16.3. The molecule has 0 spiro atoms. The Balaban J connectivity index is 1.64. The summed E-state index contributed by atoms with van der Waals surface area (Å²) in [6.07, 6.45) is 3.81. The lowest BCUT2D eigenvalue weighted by atomic mass is 9.70. The maximum absolute atomic E-state index is 4.07. The molecule has 1 N–H and O–H groups in total. The van der Waals surface area contributed by atoms with Gasteiger partial charge in [0.2, 0.25) is 0 Å². The second-order valence-corrected chi connectivity index (χ2v) is 8.10. The van der Waals surface area contributed by atoms with Gasteiger partial charge in [0, 0.05) is 18.6 Å². The summed E-state index contributed by atoms with van der Waals surface area (Å²) in [4.78, 5) is 2.79. The molecule has 2 fully saturated rings. The van der Waals surface area contributed by atoms with Crippen molar-refractivity contribution in [2.24, 2.45) is 0 Å². The number of piperazine rings is 1. The number of fused-ring (bicyclic) bond motifs is 1. The summed E-state index contributed by atoms with van der Waals surface area (Å²) in [7, 11) is 0. The first-order valence-corrected chi connectivity index (χ1v) is 10.6. The third-order valence-corrected chi connectivity index (χ3v) is 6.66. The van der Waals surface area contributed by atoms with E-state index >= 15 is 0 Å². The van der Waals surface area contributed by atoms with Gasteiger partial charge in [-0.1, -0.05) is 97.4 Å². The van der Waals surface area contributed by atoms with Gasteiger partial charge in [0.1, 0.15) is 0 Å².